The predicted octanol–water partition coefficient (Wildman–Crippen LogP) is 2.22. The van der Waals surface area contributed by atoms with Crippen LogP contribution >= 0.6 is 0 Å². The van der Waals surface area contributed by atoms with Crippen molar-refractivity contribution in [2.24, 2.45) is 16.2 Å². The largest absolute Gasteiger partial charge is 0.326 e. The van der Waals surface area contributed by atoms with Crippen molar-refractivity contribution < 1.29 is 14.4 Å². The Labute approximate surface area is 141 Å². The summed E-state index contributed by atoms with van der Waals surface area (Å²) in [6, 6.07) is 3.44. The Morgan fingerprint density at radius 3 is 2.04 bits per heavy atom. The normalized spacial score (nSPS) is 35.8. The van der Waals surface area contributed by atoms with Crippen molar-refractivity contribution in [1.82, 2.24) is 9.88 Å². The summed E-state index contributed by atoms with van der Waals surface area (Å²) in [4.78, 5) is 43.4. The van der Waals surface area contributed by atoms with Crippen LogP contribution < -0.4 is 5.32 Å². The first-order valence-corrected chi connectivity index (χ1v) is 8.14. The van der Waals surface area contributed by atoms with Gasteiger partial charge in [0.15, 0.2) is 0 Å². The van der Waals surface area contributed by atoms with E-state index in [1.165, 1.54) is 4.90 Å². The number of pyridine rings is 1. The lowest BCUT2D eigenvalue weighted by Crippen LogP contribution is -2.63. The maximum atomic E-state index is 12.9. The van der Waals surface area contributed by atoms with Crippen molar-refractivity contribution in [2.45, 2.75) is 40.0 Å². The van der Waals surface area contributed by atoms with Crippen molar-refractivity contribution >= 4 is 23.4 Å². The molecule has 2 heterocycles. The molecule has 24 heavy (non-hydrogen) atoms. The fourth-order valence-corrected chi connectivity index (χ4v) is 4.85. The molecule has 1 aliphatic heterocycles. The van der Waals surface area contributed by atoms with Gasteiger partial charge in [-0.3, -0.25) is 24.3 Å². The molecule has 3 amide bonds. The second kappa shape index (κ2) is 5.13. The van der Waals surface area contributed by atoms with Crippen molar-refractivity contribution in [2.75, 3.05) is 12.4 Å². The first-order valence-electron chi connectivity index (χ1n) is 8.14. The van der Waals surface area contributed by atoms with E-state index in [0.717, 1.165) is 0 Å². The van der Waals surface area contributed by atoms with Crippen LogP contribution in [0.2, 0.25) is 0 Å². The van der Waals surface area contributed by atoms with Crippen molar-refractivity contribution in [3.8, 4) is 0 Å². The summed E-state index contributed by atoms with van der Waals surface area (Å²) in [5.41, 5.74) is -1.51. The minimum atomic E-state index is -0.780. The van der Waals surface area contributed by atoms with Gasteiger partial charge < -0.3 is 5.32 Å². The van der Waals surface area contributed by atoms with E-state index < -0.39 is 16.2 Å². The average molecular weight is 329 g/mol. The van der Waals surface area contributed by atoms with E-state index in [0.29, 0.717) is 24.9 Å². The molecule has 0 spiro atoms. The smallest absolute Gasteiger partial charge is 0.234 e. The van der Waals surface area contributed by atoms with Crippen molar-refractivity contribution in [3.63, 3.8) is 0 Å². The van der Waals surface area contributed by atoms with Crippen LogP contribution in [0.5, 0.6) is 0 Å². The number of nitrogens with one attached hydrogen (secondary N) is 1. The fourth-order valence-electron chi connectivity index (χ4n) is 4.85. The van der Waals surface area contributed by atoms with Crippen molar-refractivity contribution in [3.05, 3.63) is 24.5 Å². The van der Waals surface area contributed by atoms with Crippen LogP contribution in [-0.4, -0.2) is 34.7 Å². The molecule has 0 aromatic carbocycles. The number of anilines is 1. The fraction of sp³-hybridized carbons (Fsp3) is 0.556. The number of imide groups is 1. The second-order valence-corrected chi connectivity index (χ2v) is 8.07. The zero-order chi connectivity index (χ0) is 17.8. The molecule has 1 aromatic heterocycles. The summed E-state index contributed by atoms with van der Waals surface area (Å²) in [6.07, 6.45) is 4.59. The molecule has 2 unspecified atom stereocenters. The lowest BCUT2D eigenvalue weighted by Gasteiger charge is -2.55. The first-order chi connectivity index (χ1) is 11.1. The van der Waals surface area contributed by atoms with Gasteiger partial charge in [0.1, 0.15) is 0 Å². The highest BCUT2D eigenvalue weighted by Crippen LogP contribution is 2.58. The maximum absolute atomic E-state index is 12.9. The van der Waals surface area contributed by atoms with E-state index in [9.17, 15) is 14.4 Å². The quantitative estimate of drug-likeness (QED) is 0.844. The van der Waals surface area contributed by atoms with Gasteiger partial charge in [-0.15, -0.1) is 0 Å². The second-order valence-electron chi connectivity index (χ2n) is 8.07. The number of hydrogen-bond donors (Lipinski definition) is 1. The van der Waals surface area contributed by atoms with Crippen LogP contribution in [-0.2, 0) is 14.4 Å². The van der Waals surface area contributed by atoms with E-state index in [1.54, 1.807) is 31.6 Å². The van der Waals surface area contributed by atoms with Gasteiger partial charge in [-0.05, 0) is 31.4 Å². The molecule has 2 aliphatic rings. The Hall–Kier alpha value is -2.24. The summed E-state index contributed by atoms with van der Waals surface area (Å²) in [6.45, 7) is 5.59. The van der Waals surface area contributed by atoms with E-state index in [1.807, 2.05) is 20.8 Å². The van der Waals surface area contributed by atoms with E-state index >= 15 is 0 Å². The van der Waals surface area contributed by atoms with Gasteiger partial charge in [-0.2, -0.15) is 0 Å². The van der Waals surface area contributed by atoms with Crippen LogP contribution in [0, 0.1) is 16.2 Å². The molecule has 1 aliphatic carbocycles. The molecule has 2 fully saturated rings. The molecule has 6 nitrogen and oxygen atoms in total. The minimum absolute atomic E-state index is 0.156. The van der Waals surface area contributed by atoms with Crippen LogP contribution in [0.3, 0.4) is 0 Å². The van der Waals surface area contributed by atoms with E-state index in [2.05, 4.69) is 10.3 Å². The van der Waals surface area contributed by atoms with Gasteiger partial charge in [-0.25, -0.2) is 0 Å². The molecule has 128 valence electrons. The molecule has 1 saturated carbocycles. The molecular formula is C18H23N3O3. The summed E-state index contributed by atoms with van der Waals surface area (Å²) in [5, 5.41) is 2.90. The SMILES string of the molecule is CN1C(=O)C2(C)CC(C)(C(=O)Nc3ccncc3)CC(C)(C2)C1=O. The van der Waals surface area contributed by atoms with E-state index in [-0.39, 0.29) is 17.7 Å². The monoisotopic (exact) mass is 329 g/mol. The molecule has 3 rings (SSSR count). The third-order valence-corrected chi connectivity index (χ3v) is 5.47. The lowest BCUT2D eigenvalue weighted by molar-refractivity contribution is -0.177. The van der Waals surface area contributed by atoms with Crippen LogP contribution in [0.25, 0.3) is 0 Å². The third-order valence-electron chi connectivity index (χ3n) is 5.47. The number of carbonyl (C=O) groups is 3. The van der Waals surface area contributed by atoms with Gasteiger partial charge in [-0.1, -0.05) is 20.8 Å². The molecule has 0 radical (unpaired) electrons. The summed E-state index contributed by atoms with van der Waals surface area (Å²) in [7, 11) is 1.54. The zero-order valence-electron chi connectivity index (χ0n) is 14.5. The van der Waals surface area contributed by atoms with Gasteiger partial charge in [0.05, 0.1) is 0 Å². The third kappa shape index (κ3) is 2.41. The maximum Gasteiger partial charge on any atom is 0.234 e. The van der Waals surface area contributed by atoms with Crippen LogP contribution in [0.1, 0.15) is 40.0 Å². The number of amides is 3. The summed E-state index contributed by atoms with van der Waals surface area (Å²) >= 11 is 0. The minimum Gasteiger partial charge on any atom is -0.326 e. The lowest BCUT2D eigenvalue weighted by atomic mass is 9.51. The van der Waals surface area contributed by atoms with Gasteiger partial charge in [0.25, 0.3) is 0 Å². The van der Waals surface area contributed by atoms with E-state index in [4.69, 9.17) is 0 Å². The topological polar surface area (TPSA) is 79.4 Å². The highest BCUT2D eigenvalue weighted by molar-refractivity contribution is 6.05. The molecule has 2 bridgehead atoms. The standard InChI is InChI=1S/C18H23N3O3/c1-16(13(22)20-12-5-7-19-8-6-12)9-17(2)11-18(3,10-16)15(24)21(4)14(17)23/h5-8H,9-11H2,1-4H3,(H,19,20,22). The highest BCUT2D eigenvalue weighted by atomic mass is 16.2. The summed E-state index contributed by atoms with van der Waals surface area (Å²) in [5.74, 6) is -0.531. The Bertz CT molecular complexity index is 687. The Morgan fingerprint density at radius 2 is 1.54 bits per heavy atom. The number of carbonyl (C=O) groups excluding carboxylic acids is 3. The van der Waals surface area contributed by atoms with Gasteiger partial charge in [0.2, 0.25) is 17.7 Å². The Balaban J connectivity index is 1.93. The molecule has 2 atom stereocenters. The predicted molar refractivity (Wildman–Crippen MR) is 88.8 cm³/mol. The number of fused-ring (bicyclic) bond motifs is 2. The van der Waals surface area contributed by atoms with Gasteiger partial charge in [0, 0.05) is 41.4 Å². The number of aromatic nitrogens is 1. The Kier molecular flexibility index (Phi) is 3.55. The number of rotatable bonds is 2. The summed E-state index contributed by atoms with van der Waals surface area (Å²) < 4.78 is 0. The number of piperidine rings is 1. The molecular weight excluding hydrogens is 306 g/mol. The number of nitrogens with zero attached hydrogens (tertiary/aromatic N) is 2. The molecule has 1 saturated heterocycles. The average Bonchev–Trinajstić information content (AvgIpc) is 2.51. The molecule has 1 aromatic rings. The number of hydrogen-bond acceptors (Lipinski definition) is 4. The van der Waals surface area contributed by atoms with Crippen molar-refractivity contribution in [1.29, 1.82) is 0 Å². The Morgan fingerprint density at radius 1 is 1.04 bits per heavy atom. The zero-order valence-corrected chi connectivity index (χ0v) is 14.5. The first kappa shape index (κ1) is 16.6. The highest BCUT2D eigenvalue weighted by Gasteiger charge is 2.62. The number of likely N-dealkylation sites (tertiary alicyclic amines) is 1. The molecule has 1 N–H and O–H groups in total. The van der Waals surface area contributed by atoms with Gasteiger partial charge >= 0.3 is 0 Å². The van der Waals surface area contributed by atoms with Crippen LogP contribution in [0.15, 0.2) is 24.5 Å². The molecule has 6 heteroatoms. The van der Waals surface area contributed by atoms with Crippen LogP contribution in [0.4, 0.5) is 5.69 Å².